The van der Waals surface area contributed by atoms with E-state index in [1.165, 1.54) is 38.5 Å². The van der Waals surface area contributed by atoms with Crippen LogP contribution in [0.5, 0.6) is 11.5 Å². The lowest BCUT2D eigenvalue weighted by Gasteiger charge is -2.18. The third-order valence-electron chi connectivity index (χ3n) is 3.55. The molecule has 20 heavy (non-hydrogen) atoms. The van der Waals surface area contributed by atoms with Crippen LogP contribution in [0.1, 0.15) is 52.4 Å². The van der Waals surface area contributed by atoms with E-state index in [0.717, 1.165) is 17.2 Å². The third kappa shape index (κ3) is 5.72. The number of hydrogen-bond donors (Lipinski definition) is 1. The van der Waals surface area contributed by atoms with Crippen LogP contribution in [0.2, 0.25) is 0 Å². The van der Waals surface area contributed by atoms with Crippen molar-refractivity contribution >= 4 is 5.69 Å². The zero-order valence-electron chi connectivity index (χ0n) is 13.4. The van der Waals surface area contributed by atoms with Crippen molar-refractivity contribution < 1.29 is 9.47 Å². The summed E-state index contributed by atoms with van der Waals surface area (Å²) in [5, 5.41) is 3.52. The minimum Gasteiger partial charge on any atom is -0.497 e. The molecule has 0 aliphatic carbocycles. The predicted molar refractivity (Wildman–Crippen MR) is 86.0 cm³/mol. The van der Waals surface area contributed by atoms with Crippen molar-refractivity contribution in [2.45, 2.75) is 58.4 Å². The topological polar surface area (TPSA) is 30.5 Å². The highest BCUT2D eigenvalue weighted by Crippen LogP contribution is 2.29. The van der Waals surface area contributed by atoms with Crippen LogP contribution in [0.4, 0.5) is 5.69 Å². The first kappa shape index (κ1) is 16.7. The summed E-state index contributed by atoms with van der Waals surface area (Å²) in [7, 11) is 3.36. The first-order chi connectivity index (χ1) is 9.71. The molecule has 0 amide bonds. The number of rotatable bonds is 10. The van der Waals surface area contributed by atoms with Crippen molar-refractivity contribution in [2.24, 2.45) is 0 Å². The third-order valence-corrected chi connectivity index (χ3v) is 3.55. The summed E-state index contributed by atoms with van der Waals surface area (Å²) in [5.41, 5.74) is 1.04. The highest BCUT2D eigenvalue weighted by molar-refractivity contribution is 5.59. The van der Waals surface area contributed by atoms with Crippen LogP contribution in [-0.4, -0.2) is 20.3 Å². The Balaban J connectivity index is 2.42. The van der Waals surface area contributed by atoms with Gasteiger partial charge < -0.3 is 14.8 Å². The van der Waals surface area contributed by atoms with Crippen LogP contribution >= 0.6 is 0 Å². The maximum Gasteiger partial charge on any atom is 0.145 e. The summed E-state index contributed by atoms with van der Waals surface area (Å²) in [6, 6.07) is 6.35. The second kappa shape index (κ2) is 9.51. The number of ether oxygens (including phenoxy) is 2. The van der Waals surface area contributed by atoms with Gasteiger partial charge in [0.05, 0.1) is 19.9 Å². The molecule has 0 aromatic heterocycles. The smallest absolute Gasteiger partial charge is 0.145 e. The first-order valence-electron chi connectivity index (χ1n) is 7.69. The maximum atomic E-state index is 5.40. The molecule has 0 aliphatic rings. The minimum atomic E-state index is 0.457. The molecule has 3 heteroatoms. The quantitative estimate of drug-likeness (QED) is 0.620. The standard InChI is InChI=1S/C17H29NO2/c1-5-6-7-8-9-10-14(2)18-16-12-11-15(19-3)13-17(16)20-4/h11-14,18H,5-10H2,1-4H3. The van der Waals surface area contributed by atoms with Crippen LogP contribution in [0, 0.1) is 0 Å². The van der Waals surface area contributed by atoms with Gasteiger partial charge in [0.2, 0.25) is 0 Å². The molecule has 0 bridgehead atoms. The zero-order chi connectivity index (χ0) is 14.8. The molecule has 0 heterocycles. The van der Waals surface area contributed by atoms with E-state index >= 15 is 0 Å². The molecule has 1 aromatic carbocycles. The lowest BCUT2D eigenvalue weighted by molar-refractivity contribution is 0.395. The van der Waals surface area contributed by atoms with Gasteiger partial charge in [0.1, 0.15) is 11.5 Å². The molecule has 1 N–H and O–H groups in total. The van der Waals surface area contributed by atoms with Crippen LogP contribution in [0.15, 0.2) is 18.2 Å². The Morgan fingerprint density at radius 2 is 1.80 bits per heavy atom. The van der Waals surface area contributed by atoms with Gasteiger partial charge >= 0.3 is 0 Å². The van der Waals surface area contributed by atoms with Gasteiger partial charge in [0.15, 0.2) is 0 Å². The zero-order valence-corrected chi connectivity index (χ0v) is 13.4. The van der Waals surface area contributed by atoms with Gasteiger partial charge in [-0.2, -0.15) is 0 Å². The first-order valence-corrected chi connectivity index (χ1v) is 7.69. The molecule has 0 aliphatic heterocycles. The maximum absolute atomic E-state index is 5.40. The molecule has 1 aromatic rings. The second-order valence-electron chi connectivity index (χ2n) is 5.31. The lowest BCUT2D eigenvalue weighted by Crippen LogP contribution is -2.15. The van der Waals surface area contributed by atoms with E-state index in [9.17, 15) is 0 Å². The highest BCUT2D eigenvalue weighted by atomic mass is 16.5. The largest absolute Gasteiger partial charge is 0.497 e. The fourth-order valence-corrected chi connectivity index (χ4v) is 2.31. The van der Waals surface area contributed by atoms with Crippen LogP contribution in [0.25, 0.3) is 0 Å². The van der Waals surface area contributed by atoms with E-state index in [1.807, 2.05) is 18.2 Å². The summed E-state index contributed by atoms with van der Waals surface area (Å²) in [4.78, 5) is 0. The number of hydrogen-bond acceptors (Lipinski definition) is 3. The number of nitrogens with one attached hydrogen (secondary N) is 1. The second-order valence-corrected chi connectivity index (χ2v) is 5.31. The number of unbranched alkanes of at least 4 members (excludes halogenated alkanes) is 4. The van der Waals surface area contributed by atoms with E-state index in [-0.39, 0.29) is 0 Å². The van der Waals surface area contributed by atoms with E-state index < -0.39 is 0 Å². The van der Waals surface area contributed by atoms with E-state index in [0.29, 0.717) is 6.04 Å². The molecule has 0 radical (unpaired) electrons. The average Bonchev–Trinajstić information content (AvgIpc) is 2.47. The van der Waals surface area contributed by atoms with Crippen molar-refractivity contribution in [2.75, 3.05) is 19.5 Å². The van der Waals surface area contributed by atoms with Gasteiger partial charge in [-0.3, -0.25) is 0 Å². The summed E-state index contributed by atoms with van der Waals surface area (Å²) >= 11 is 0. The summed E-state index contributed by atoms with van der Waals surface area (Å²) in [6.45, 7) is 4.48. The molecule has 3 nitrogen and oxygen atoms in total. The van der Waals surface area contributed by atoms with Crippen molar-refractivity contribution in [3.05, 3.63) is 18.2 Å². The van der Waals surface area contributed by atoms with Crippen molar-refractivity contribution in [1.82, 2.24) is 0 Å². The average molecular weight is 279 g/mol. The Morgan fingerprint density at radius 3 is 2.45 bits per heavy atom. The minimum absolute atomic E-state index is 0.457. The van der Waals surface area contributed by atoms with E-state index in [2.05, 4.69) is 19.2 Å². The lowest BCUT2D eigenvalue weighted by atomic mass is 10.1. The number of benzene rings is 1. The Kier molecular flexibility index (Phi) is 7.93. The Morgan fingerprint density at radius 1 is 1.05 bits per heavy atom. The molecule has 0 saturated heterocycles. The highest BCUT2D eigenvalue weighted by Gasteiger charge is 2.08. The monoisotopic (exact) mass is 279 g/mol. The fourth-order valence-electron chi connectivity index (χ4n) is 2.31. The van der Waals surface area contributed by atoms with Gasteiger partial charge in [-0.1, -0.05) is 39.0 Å². The SMILES string of the molecule is CCCCCCCC(C)Nc1ccc(OC)cc1OC. The van der Waals surface area contributed by atoms with Crippen molar-refractivity contribution in [3.63, 3.8) is 0 Å². The molecule has 114 valence electrons. The molecular formula is C17H29NO2. The normalized spacial score (nSPS) is 12.0. The van der Waals surface area contributed by atoms with Gasteiger partial charge in [0.25, 0.3) is 0 Å². The van der Waals surface area contributed by atoms with Crippen LogP contribution < -0.4 is 14.8 Å². The molecular weight excluding hydrogens is 250 g/mol. The summed E-state index contributed by atoms with van der Waals surface area (Å²) in [6.07, 6.45) is 7.82. The number of methoxy groups -OCH3 is 2. The van der Waals surface area contributed by atoms with Gasteiger partial charge in [-0.05, 0) is 25.5 Å². The van der Waals surface area contributed by atoms with Crippen molar-refractivity contribution in [1.29, 1.82) is 0 Å². The molecule has 1 unspecified atom stereocenters. The van der Waals surface area contributed by atoms with Crippen LogP contribution in [-0.2, 0) is 0 Å². The summed E-state index contributed by atoms with van der Waals surface area (Å²) in [5.74, 6) is 1.65. The molecule has 0 spiro atoms. The fraction of sp³-hybridized carbons (Fsp3) is 0.647. The van der Waals surface area contributed by atoms with Gasteiger partial charge in [0, 0.05) is 12.1 Å². The van der Waals surface area contributed by atoms with Gasteiger partial charge in [-0.15, -0.1) is 0 Å². The van der Waals surface area contributed by atoms with Crippen LogP contribution in [0.3, 0.4) is 0 Å². The summed E-state index contributed by atoms with van der Waals surface area (Å²) < 4.78 is 10.6. The molecule has 1 rings (SSSR count). The Hall–Kier alpha value is -1.38. The van der Waals surface area contributed by atoms with Crippen molar-refractivity contribution in [3.8, 4) is 11.5 Å². The molecule has 0 saturated carbocycles. The molecule has 1 atom stereocenters. The predicted octanol–water partition coefficient (Wildman–Crippen LogP) is 4.86. The molecule has 0 fully saturated rings. The van der Waals surface area contributed by atoms with Gasteiger partial charge in [-0.25, -0.2) is 0 Å². The number of anilines is 1. The van der Waals surface area contributed by atoms with E-state index in [4.69, 9.17) is 9.47 Å². The Bertz CT molecular complexity index is 379. The van der Waals surface area contributed by atoms with E-state index in [1.54, 1.807) is 14.2 Å². The Labute approximate surface area is 123 Å².